The molecular weight excluding hydrogens is 334 g/mol. The van der Waals surface area contributed by atoms with Gasteiger partial charge in [-0.1, -0.05) is 12.1 Å². The van der Waals surface area contributed by atoms with Crippen molar-refractivity contribution in [2.75, 3.05) is 12.3 Å². The molecule has 5 heteroatoms. The standard InChI is InChI=1S/C20H25NO3S/c1-15(20(22)21-11-13-25-14-17-8-5-12-23-17)24-19-10-4-7-16-6-2-3-9-18(16)19/h4-5,7-8,10,12,15H,2-3,6,9,11,13-14H2,1H3,(H,21,22)/t15-/m1/s1. The van der Waals surface area contributed by atoms with Crippen LogP contribution < -0.4 is 10.1 Å². The van der Waals surface area contributed by atoms with E-state index in [1.54, 1.807) is 18.0 Å². The van der Waals surface area contributed by atoms with E-state index >= 15 is 0 Å². The van der Waals surface area contributed by atoms with Gasteiger partial charge in [0.05, 0.1) is 12.0 Å². The molecule has 0 radical (unpaired) electrons. The number of carbonyl (C=O) groups is 1. The number of benzene rings is 1. The Bertz CT molecular complexity index is 684. The van der Waals surface area contributed by atoms with Gasteiger partial charge in [-0.3, -0.25) is 4.79 Å². The van der Waals surface area contributed by atoms with Crippen molar-refractivity contribution in [3.8, 4) is 5.75 Å². The van der Waals surface area contributed by atoms with E-state index in [1.165, 1.54) is 24.0 Å². The molecule has 1 aliphatic rings. The van der Waals surface area contributed by atoms with Gasteiger partial charge in [-0.25, -0.2) is 0 Å². The average molecular weight is 359 g/mol. The van der Waals surface area contributed by atoms with E-state index in [2.05, 4.69) is 11.4 Å². The van der Waals surface area contributed by atoms with Gasteiger partial charge in [0, 0.05) is 12.3 Å². The molecule has 134 valence electrons. The highest BCUT2D eigenvalue weighted by Gasteiger charge is 2.19. The number of amides is 1. The van der Waals surface area contributed by atoms with Crippen LogP contribution in [-0.4, -0.2) is 24.3 Å². The molecule has 1 aromatic carbocycles. The number of nitrogens with one attached hydrogen (secondary N) is 1. The zero-order valence-electron chi connectivity index (χ0n) is 14.6. The minimum Gasteiger partial charge on any atom is -0.481 e. The van der Waals surface area contributed by atoms with Gasteiger partial charge in [0.2, 0.25) is 0 Å². The quantitative estimate of drug-likeness (QED) is 0.725. The van der Waals surface area contributed by atoms with Gasteiger partial charge in [-0.15, -0.1) is 0 Å². The summed E-state index contributed by atoms with van der Waals surface area (Å²) in [6.07, 6.45) is 5.79. The van der Waals surface area contributed by atoms with Crippen molar-refractivity contribution in [2.24, 2.45) is 0 Å². The first-order valence-corrected chi connectivity index (χ1v) is 10.0. The highest BCUT2D eigenvalue weighted by atomic mass is 32.2. The Morgan fingerprint density at radius 2 is 2.16 bits per heavy atom. The van der Waals surface area contributed by atoms with E-state index in [9.17, 15) is 4.79 Å². The Labute approximate surface area is 153 Å². The largest absolute Gasteiger partial charge is 0.481 e. The van der Waals surface area contributed by atoms with Crippen LogP contribution in [0.1, 0.15) is 36.7 Å². The molecule has 1 amide bonds. The smallest absolute Gasteiger partial charge is 0.260 e. The predicted molar refractivity (Wildman–Crippen MR) is 101 cm³/mol. The second kappa shape index (κ2) is 8.99. The zero-order chi connectivity index (χ0) is 17.5. The van der Waals surface area contributed by atoms with E-state index in [4.69, 9.17) is 9.15 Å². The Morgan fingerprint density at radius 3 is 3.00 bits per heavy atom. The maximum absolute atomic E-state index is 12.2. The zero-order valence-corrected chi connectivity index (χ0v) is 15.4. The maximum atomic E-state index is 12.2. The van der Waals surface area contributed by atoms with Crippen LogP contribution in [0, 0.1) is 0 Å². The summed E-state index contributed by atoms with van der Waals surface area (Å²) in [6, 6.07) is 10.0. The highest BCUT2D eigenvalue weighted by molar-refractivity contribution is 7.98. The number of carbonyl (C=O) groups excluding carboxylic acids is 1. The summed E-state index contributed by atoms with van der Waals surface area (Å²) in [4.78, 5) is 12.2. The van der Waals surface area contributed by atoms with Crippen molar-refractivity contribution < 1.29 is 13.9 Å². The fraction of sp³-hybridized carbons (Fsp3) is 0.450. The first-order valence-electron chi connectivity index (χ1n) is 8.89. The summed E-state index contributed by atoms with van der Waals surface area (Å²) < 4.78 is 11.2. The maximum Gasteiger partial charge on any atom is 0.260 e. The van der Waals surface area contributed by atoms with E-state index in [1.807, 2.05) is 31.2 Å². The molecule has 1 aromatic heterocycles. The van der Waals surface area contributed by atoms with Gasteiger partial charge in [0.1, 0.15) is 11.5 Å². The Balaban J connectivity index is 1.42. The molecule has 3 rings (SSSR count). The van der Waals surface area contributed by atoms with Crippen LogP contribution in [0.3, 0.4) is 0 Å². The van der Waals surface area contributed by atoms with Gasteiger partial charge in [0.15, 0.2) is 6.10 Å². The number of hydrogen-bond donors (Lipinski definition) is 1. The normalized spacial score (nSPS) is 14.6. The lowest BCUT2D eigenvalue weighted by atomic mass is 9.91. The third-order valence-electron chi connectivity index (χ3n) is 4.40. The molecule has 0 fully saturated rings. The number of aryl methyl sites for hydroxylation is 1. The van der Waals surface area contributed by atoms with Crippen LogP contribution in [0.25, 0.3) is 0 Å². The minimum atomic E-state index is -0.483. The lowest BCUT2D eigenvalue weighted by Crippen LogP contribution is -2.37. The summed E-state index contributed by atoms with van der Waals surface area (Å²) >= 11 is 1.74. The third-order valence-corrected chi connectivity index (χ3v) is 5.38. The highest BCUT2D eigenvalue weighted by Crippen LogP contribution is 2.30. The van der Waals surface area contributed by atoms with Crippen LogP contribution in [0.2, 0.25) is 0 Å². The molecule has 2 aromatic rings. The summed E-state index contributed by atoms with van der Waals surface area (Å²) in [5.41, 5.74) is 2.65. The predicted octanol–water partition coefficient (Wildman–Crippen LogP) is 3.98. The number of ether oxygens (including phenoxy) is 1. The van der Waals surface area contributed by atoms with Crippen molar-refractivity contribution in [3.05, 3.63) is 53.5 Å². The van der Waals surface area contributed by atoms with E-state index in [0.717, 1.165) is 35.9 Å². The molecule has 0 spiro atoms. The number of hydrogen-bond acceptors (Lipinski definition) is 4. The SMILES string of the molecule is C[C@@H](Oc1cccc2c1CCCC2)C(=O)NCCSCc1ccco1. The molecule has 1 atom stereocenters. The molecule has 0 bridgehead atoms. The summed E-state index contributed by atoms with van der Waals surface area (Å²) in [7, 11) is 0. The first kappa shape index (κ1) is 17.9. The topological polar surface area (TPSA) is 51.5 Å². The van der Waals surface area contributed by atoms with Gasteiger partial charge < -0.3 is 14.5 Å². The summed E-state index contributed by atoms with van der Waals surface area (Å²) in [6.45, 7) is 2.44. The van der Waals surface area contributed by atoms with E-state index in [-0.39, 0.29) is 5.91 Å². The number of rotatable bonds is 8. The number of furan rings is 1. The minimum absolute atomic E-state index is 0.0630. The monoisotopic (exact) mass is 359 g/mol. The fourth-order valence-corrected chi connectivity index (χ4v) is 3.81. The molecule has 1 heterocycles. The van der Waals surface area contributed by atoms with Gasteiger partial charge in [-0.2, -0.15) is 11.8 Å². The van der Waals surface area contributed by atoms with Gasteiger partial charge in [0.25, 0.3) is 5.91 Å². The second-order valence-corrected chi connectivity index (χ2v) is 7.39. The number of fused-ring (bicyclic) bond motifs is 1. The van der Waals surface area contributed by atoms with Crippen LogP contribution in [-0.2, 0) is 23.4 Å². The molecule has 1 N–H and O–H groups in total. The lowest BCUT2D eigenvalue weighted by Gasteiger charge is -2.22. The fourth-order valence-electron chi connectivity index (χ4n) is 3.06. The van der Waals surface area contributed by atoms with Crippen LogP contribution >= 0.6 is 11.8 Å². The van der Waals surface area contributed by atoms with Crippen molar-refractivity contribution in [2.45, 2.75) is 44.5 Å². The Morgan fingerprint density at radius 1 is 1.28 bits per heavy atom. The Kier molecular flexibility index (Phi) is 6.45. The van der Waals surface area contributed by atoms with E-state index in [0.29, 0.717) is 6.54 Å². The average Bonchev–Trinajstić information content (AvgIpc) is 3.15. The first-order chi connectivity index (χ1) is 12.2. The second-order valence-electron chi connectivity index (χ2n) is 6.28. The molecule has 4 nitrogen and oxygen atoms in total. The molecule has 0 unspecified atom stereocenters. The molecular formula is C20H25NO3S. The summed E-state index contributed by atoms with van der Waals surface area (Å²) in [5.74, 6) is 3.44. The lowest BCUT2D eigenvalue weighted by molar-refractivity contribution is -0.127. The third kappa shape index (κ3) is 5.05. The van der Waals surface area contributed by atoms with Crippen LogP contribution in [0.4, 0.5) is 0 Å². The van der Waals surface area contributed by atoms with Crippen LogP contribution in [0.5, 0.6) is 5.75 Å². The van der Waals surface area contributed by atoms with Crippen molar-refractivity contribution in [1.29, 1.82) is 0 Å². The molecule has 0 saturated heterocycles. The van der Waals surface area contributed by atoms with E-state index < -0.39 is 6.10 Å². The Hall–Kier alpha value is -1.88. The summed E-state index contributed by atoms with van der Waals surface area (Å²) in [5, 5.41) is 2.95. The van der Waals surface area contributed by atoms with Crippen molar-refractivity contribution >= 4 is 17.7 Å². The van der Waals surface area contributed by atoms with Crippen molar-refractivity contribution in [3.63, 3.8) is 0 Å². The molecule has 0 aliphatic heterocycles. The van der Waals surface area contributed by atoms with Gasteiger partial charge in [-0.05, 0) is 61.9 Å². The molecule has 0 saturated carbocycles. The van der Waals surface area contributed by atoms with Gasteiger partial charge >= 0.3 is 0 Å². The van der Waals surface area contributed by atoms with Crippen molar-refractivity contribution in [1.82, 2.24) is 5.32 Å². The molecule has 25 heavy (non-hydrogen) atoms. The number of thioether (sulfide) groups is 1. The van der Waals surface area contributed by atoms with Crippen LogP contribution in [0.15, 0.2) is 41.0 Å². The molecule has 1 aliphatic carbocycles.